The van der Waals surface area contributed by atoms with E-state index in [0.29, 0.717) is 16.5 Å². The molecule has 0 saturated carbocycles. The van der Waals surface area contributed by atoms with Crippen LogP contribution < -0.4 is 4.90 Å². The van der Waals surface area contributed by atoms with Gasteiger partial charge in [-0.1, -0.05) is 54.1 Å². The summed E-state index contributed by atoms with van der Waals surface area (Å²) < 4.78 is 31.9. The number of hydrogen-bond acceptors (Lipinski definition) is 4. The number of hydrogen-bond donors (Lipinski definition) is 1. The minimum atomic E-state index is -4.33. The summed E-state index contributed by atoms with van der Waals surface area (Å²) in [5.74, 6) is 0.0591. The van der Waals surface area contributed by atoms with Crippen LogP contribution in [-0.4, -0.2) is 24.7 Å². The van der Waals surface area contributed by atoms with Gasteiger partial charge < -0.3 is 0 Å². The van der Waals surface area contributed by atoms with E-state index in [1.807, 2.05) is 30.3 Å². The number of aliphatic imine (C=N–C) groups is 1. The Balaban J connectivity index is 1.79. The summed E-state index contributed by atoms with van der Waals surface area (Å²) in [5.41, 5.74) is 2.15. The summed E-state index contributed by atoms with van der Waals surface area (Å²) >= 11 is 5.92. The summed E-state index contributed by atoms with van der Waals surface area (Å²) in [6.07, 6.45) is 1.66. The second kappa shape index (κ2) is 7.87. The molecule has 0 spiro atoms. The molecule has 0 aliphatic carbocycles. The Hall–Kier alpha value is -3.26. The Morgan fingerprint density at radius 3 is 2.13 bits per heavy atom. The number of nitrogens with zero attached hydrogens (tertiary/aromatic N) is 2. The smallest absolute Gasteiger partial charge is 0.282 e. The van der Waals surface area contributed by atoms with Crippen LogP contribution in [0.3, 0.4) is 0 Å². The summed E-state index contributed by atoms with van der Waals surface area (Å²) in [5, 5.41) is 0.587. The van der Waals surface area contributed by atoms with Crippen molar-refractivity contribution < 1.29 is 17.8 Å². The average Bonchev–Trinajstić information content (AvgIpc) is 3.06. The molecular formula is C22H15ClN2O4S. The molecule has 0 fully saturated rings. The standard InChI is InChI=1S/C22H15ClN2O4S/c23-17-8-6-15(7-9-17)14-20-22(26)25(21(24-20)16-4-2-1-3-5-16)18-10-12-19(13-11-18)30(27,28)29/h1-14H,(H,27,28,29). The second-order valence-electron chi connectivity index (χ2n) is 6.49. The van der Waals surface area contributed by atoms with Gasteiger partial charge >= 0.3 is 0 Å². The summed E-state index contributed by atoms with van der Waals surface area (Å²) in [7, 11) is -4.33. The van der Waals surface area contributed by atoms with E-state index in [1.165, 1.54) is 29.2 Å². The lowest BCUT2D eigenvalue weighted by molar-refractivity contribution is -0.113. The number of halogens is 1. The maximum absolute atomic E-state index is 13.2. The van der Waals surface area contributed by atoms with Gasteiger partial charge in [0.1, 0.15) is 11.5 Å². The molecule has 1 N–H and O–H groups in total. The number of carbonyl (C=O) groups excluding carboxylic acids is 1. The Bertz CT molecular complexity index is 1270. The van der Waals surface area contributed by atoms with E-state index in [2.05, 4.69) is 4.99 Å². The second-order valence-corrected chi connectivity index (χ2v) is 8.35. The number of amidine groups is 1. The summed E-state index contributed by atoms with van der Waals surface area (Å²) in [6, 6.07) is 21.6. The monoisotopic (exact) mass is 438 g/mol. The molecule has 8 heteroatoms. The van der Waals surface area contributed by atoms with Gasteiger partial charge in [0, 0.05) is 10.6 Å². The van der Waals surface area contributed by atoms with Crippen LogP contribution in [-0.2, 0) is 14.9 Å². The molecule has 3 aromatic carbocycles. The molecule has 0 aromatic heterocycles. The van der Waals surface area contributed by atoms with Gasteiger partial charge in [0.05, 0.1) is 10.6 Å². The third-order valence-corrected chi connectivity index (χ3v) is 5.58. The van der Waals surface area contributed by atoms with Crippen molar-refractivity contribution in [2.75, 3.05) is 4.90 Å². The number of rotatable bonds is 4. The van der Waals surface area contributed by atoms with Gasteiger partial charge in [-0.3, -0.25) is 14.2 Å². The van der Waals surface area contributed by atoms with Crippen LogP contribution >= 0.6 is 11.6 Å². The quantitative estimate of drug-likeness (QED) is 0.482. The van der Waals surface area contributed by atoms with Crippen LogP contribution in [0.15, 0.2) is 94.4 Å². The van der Waals surface area contributed by atoms with Crippen molar-refractivity contribution in [3.8, 4) is 0 Å². The van der Waals surface area contributed by atoms with Gasteiger partial charge in [-0.2, -0.15) is 8.42 Å². The van der Waals surface area contributed by atoms with E-state index >= 15 is 0 Å². The van der Waals surface area contributed by atoms with Crippen molar-refractivity contribution in [1.29, 1.82) is 0 Å². The summed E-state index contributed by atoms with van der Waals surface area (Å²) in [4.78, 5) is 18.9. The van der Waals surface area contributed by atoms with Gasteiger partial charge in [0.25, 0.3) is 16.0 Å². The highest BCUT2D eigenvalue weighted by Crippen LogP contribution is 2.29. The molecule has 1 aliphatic heterocycles. The van der Waals surface area contributed by atoms with E-state index in [4.69, 9.17) is 11.6 Å². The fraction of sp³-hybridized carbons (Fsp3) is 0. The fourth-order valence-electron chi connectivity index (χ4n) is 3.02. The van der Waals surface area contributed by atoms with Crippen LogP contribution in [0.2, 0.25) is 5.02 Å². The van der Waals surface area contributed by atoms with Crippen molar-refractivity contribution in [3.05, 3.63) is 101 Å². The number of carbonyl (C=O) groups is 1. The van der Waals surface area contributed by atoms with E-state index in [0.717, 1.165) is 11.1 Å². The molecule has 0 unspecified atom stereocenters. The van der Waals surface area contributed by atoms with Gasteiger partial charge in [-0.25, -0.2) is 4.99 Å². The molecule has 150 valence electrons. The first-order valence-electron chi connectivity index (χ1n) is 8.86. The lowest BCUT2D eigenvalue weighted by Gasteiger charge is -2.18. The predicted molar refractivity (Wildman–Crippen MR) is 116 cm³/mol. The largest absolute Gasteiger partial charge is 0.294 e. The molecule has 30 heavy (non-hydrogen) atoms. The maximum Gasteiger partial charge on any atom is 0.294 e. The van der Waals surface area contributed by atoms with Crippen LogP contribution in [0.25, 0.3) is 6.08 Å². The Morgan fingerprint density at radius 2 is 1.53 bits per heavy atom. The topological polar surface area (TPSA) is 87.0 Å². The zero-order valence-corrected chi connectivity index (χ0v) is 17.0. The lowest BCUT2D eigenvalue weighted by Crippen LogP contribution is -2.32. The van der Waals surface area contributed by atoms with Crippen molar-refractivity contribution in [2.24, 2.45) is 4.99 Å². The SMILES string of the molecule is O=C1C(=Cc2ccc(Cl)cc2)N=C(c2ccccc2)N1c1ccc(S(=O)(=O)O)cc1. The van der Waals surface area contributed by atoms with Crippen molar-refractivity contribution in [2.45, 2.75) is 4.90 Å². The van der Waals surface area contributed by atoms with Gasteiger partial charge in [0.2, 0.25) is 0 Å². The summed E-state index contributed by atoms with van der Waals surface area (Å²) in [6.45, 7) is 0. The number of anilines is 1. The van der Waals surface area contributed by atoms with Crippen LogP contribution in [0, 0.1) is 0 Å². The van der Waals surface area contributed by atoms with E-state index in [1.54, 1.807) is 30.3 Å². The lowest BCUT2D eigenvalue weighted by atomic mass is 10.1. The zero-order chi connectivity index (χ0) is 21.3. The van der Waals surface area contributed by atoms with E-state index in [-0.39, 0.29) is 16.5 Å². The Labute approximate surface area is 178 Å². The average molecular weight is 439 g/mol. The number of benzene rings is 3. The third kappa shape index (κ3) is 4.04. The highest BCUT2D eigenvalue weighted by Gasteiger charge is 2.32. The van der Waals surface area contributed by atoms with E-state index < -0.39 is 10.1 Å². The molecule has 0 radical (unpaired) electrons. The van der Waals surface area contributed by atoms with Crippen LogP contribution in [0.5, 0.6) is 0 Å². The molecule has 3 aromatic rings. The molecule has 1 heterocycles. The normalized spacial score (nSPS) is 15.5. The minimum Gasteiger partial charge on any atom is -0.282 e. The Morgan fingerprint density at radius 1 is 0.900 bits per heavy atom. The molecule has 1 aliphatic rings. The molecule has 6 nitrogen and oxygen atoms in total. The molecule has 1 amide bonds. The molecule has 0 bridgehead atoms. The third-order valence-electron chi connectivity index (χ3n) is 4.46. The highest BCUT2D eigenvalue weighted by atomic mass is 35.5. The number of amides is 1. The molecular weight excluding hydrogens is 424 g/mol. The molecule has 0 atom stereocenters. The van der Waals surface area contributed by atoms with Crippen molar-refractivity contribution >= 4 is 45.2 Å². The van der Waals surface area contributed by atoms with Crippen molar-refractivity contribution in [1.82, 2.24) is 0 Å². The first-order chi connectivity index (χ1) is 14.3. The minimum absolute atomic E-state index is 0.232. The van der Waals surface area contributed by atoms with Gasteiger partial charge in [-0.05, 0) is 48.0 Å². The van der Waals surface area contributed by atoms with Crippen molar-refractivity contribution in [3.63, 3.8) is 0 Å². The predicted octanol–water partition coefficient (Wildman–Crippen LogP) is 4.42. The van der Waals surface area contributed by atoms with Crippen LogP contribution in [0.4, 0.5) is 5.69 Å². The maximum atomic E-state index is 13.2. The zero-order valence-electron chi connectivity index (χ0n) is 15.4. The fourth-order valence-corrected chi connectivity index (χ4v) is 3.63. The molecule has 4 rings (SSSR count). The van der Waals surface area contributed by atoms with Gasteiger partial charge in [0.15, 0.2) is 0 Å². The molecule has 0 saturated heterocycles. The van der Waals surface area contributed by atoms with Gasteiger partial charge in [-0.15, -0.1) is 0 Å². The van der Waals surface area contributed by atoms with E-state index in [9.17, 15) is 17.8 Å². The highest BCUT2D eigenvalue weighted by molar-refractivity contribution is 7.85. The van der Waals surface area contributed by atoms with Crippen LogP contribution in [0.1, 0.15) is 11.1 Å². The first-order valence-corrected chi connectivity index (χ1v) is 10.7. The Kier molecular flexibility index (Phi) is 5.26. The first kappa shape index (κ1) is 20.0.